The molecule has 0 spiro atoms. The lowest BCUT2D eigenvalue weighted by atomic mass is 10.00. The van der Waals surface area contributed by atoms with Gasteiger partial charge in [0.05, 0.1) is 12.6 Å². The van der Waals surface area contributed by atoms with Crippen LogP contribution in [0.4, 0.5) is 10.5 Å². The number of amides is 3. The van der Waals surface area contributed by atoms with Crippen LogP contribution in [0.2, 0.25) is 0 Å². The fourth-order valence-corrected chi connectivity index (χ4v) is 2.62. The number of nitrogens with zero attached hydrogens (tertiary/aromatic N) is 1. The van der Waals surface area contributed by atoms with Crippen LogP contribution in [0.1, 0.15) is 25.5 Å². The second-order valence-corrected chi connectivity index (χ2v) is 5.31. The molecule has 2 atom stereocenters. The van der Waals surface area contributed by atoms with Crippen molar-refractivity contribution in [2.24, 2.45) is 0 Å². The smallest absolute Gasteiger partial charge is 0.319 e. The number of likely N-dealkylation sites (N-methyl/N-ethyl adjacent to an activating group) is 1. The third-order valence-electron chi connectivity index (χ3n) is 3.79. The van der Waals surface area contributed by atoms with E-state index in [-0.39, 0.29) is 18.5 Å². The summed E-state index contributed by atoms with van der Waals surface area (Å²) >= 11 is 0. The Morgan fingerprint density at radius 3 is 2.70 bits per heavy atom. The number of carbonyl (C=O) groups is 2. The average molecular weight is 321 g/mol. The quantitative estimate of drug-likeness (QED) is 0.757. The van der Waals surface area contributed by atoms with Gasteiger partial charge in [0.2, 0.25) is 5.91 Å². The van der Waals surface area contributed by atoms with Crippen LogP contribution < -0.4 is 10.6 Å². The SMILES string of the molecule is CCNC(=O)Nc1ccc([C@@H](O)[C@H]2COCC(=O)N2CC)cc1. The molecule has 1 aromatic carbocycles. The number of hydrogen-bond acceptors (Lipinski definition) is 4. The van der Waals surface area contributed by atoms with Crippen molar-refractivity contribution in [3.05, 3.63) is 29.8 Å². The zero-order chi connectivity index (χ0) is 16.8. The summed E-state index contributed by atoms with van der Waals surface area (Å²) in [4.78, 5) is 24.9. The summed E-state index contributed by atoms with van der Waals surface area (Å²) < 4.78 is 5.26. The lowest BCUT2D eigenvalue weighted by Gasteiger charge is -2.37. The fraction of sp³-hybridized carbons (Fsp3) is 0.500. The van der Waals surface area contributed by atoms with Crippen molar-refractivity contribution >= 4 is 17.6 Å². The largest absolute Gasteiger partial charge is 0.386 e. The molecule has 23 heavy (non-hydrogen) atoms. The van der Waals surface area contributed by atoms with Gasteiger partial charge in [0.25, 0.3) is 0 Å². The fourth-order valence-electron chi connectivity index (χ4n) is 2.62. The number of carbonyl (C=O) groups excluding carboxylic acids is 2. The first-order chi connectivity index (χ1) is 11.1. The van der Waals surface area contributed by atoms with Gasteiger partial charge in [-0.15, -0.1) is 0 Å². The minimum absolute atomic E-state index is 0.0620. The molecular formula is C16H23N3O4. The van der Waals surface area contributed by atoms with Crippen LogP contribution >= 0.6 is 0 Å². The molecule has 1 fully saturated rings. The second kappa shape index (κ2) is 7.94. The lowest BCUT2D eigenvalue weighted by molar-refractivity contribution is -0.153. The van der Waals surface area contributed by atoms with E-state index in [9.17, 15) is 14.7 Å². The molecule has 1 aromatic rings. The van der Waals surface area contributed by atoms with Crippen molar-refractivity contribution in [2.45, 2.75) is 26.0 Å². The first-order valence-corrected chi connectivity index (χ1v) is 7.76. The molecule has 2 rings (SSSR count). The summed E-state index contributed by atoms with van der Waals surface area (Å²) in [7, 11) is 0. The maximum absolute atomic E-state index is 11.8. The Bertz CT molecular complexity index is 547. The Morgan fingerprint density at radius 1 is 1.39 bits per heavy atom. The third-order valence-corrected chi connectivity index (χ3v) is 3.79. The van der Waals surface area contributed by atoms with Crippen LogP contribution in [-0.4, -0.2) is 54.3 Å². The van der Waals surface area contributed by atoms with Crippen LogP contribution in [0.15, 0.2) is 24.3 Å². The van der Waals surface area contributed by atoms with Crippen LogP contribution in [0.3, 0.4) is 0 Å². The standard InChI is InChI=1S/C16H23N3O4/c1-3-17-16(22)18-12-7-5-11(6-8-12)15(21)13-9-23-10-14(20)19(13)4-2/h5-8,13,15,21H,3-4,9-10H2,1-2H3,(H2,17,18,22)/t13-,15-/m1/s1. The van der Waals surface area contributed by atoms with Gasteiger partial charge in [0, 0.05) is 18.8 Å². The molecule has 1 aliphatic rings. The van der Waals surface area contributed by atoms with Crippen molar-refractivity contribution in [1.82, 2.24) is 10.2 Å². The maximum atomic E-state index is 11.8. The van der Waals surface area contributed by atoms with E-state index < -0.39 is 12.1 Å². The highest BCUT2D eigenvalue weighted by Crippen LogP contribution is 2.25. The van der Waals surface area contributed by atoms with Gasteiger partial charge in [-0.25, -0.2) is 4.79 Å². The number of aliphatic hydroxyl groups excluding tert-OH is 1. The number of hydrogen-bond donors (Lipinski definition) is 3. The zero-order valence-electron chi connectivity index (χ0n) is 13.4. The summed E-state index contributed by atoms with van der Waals surface area (Å²) in [6.07, 6.45) is -0.835. The molecule has 0 aromatic heterocycles. The van der Waals surface area contributed by atoms with E-state index in [1.165, 1.54) is 0 Å². The van der Waals surface area contributed by atoms with Gasteiger partial charge in [0.1, 0.15) is 12.7 Å². The Kier molecular flexibility index (Phi) is 5.95. The Hall–Kier alpha value is -2.12. The van der Waals surface area contributed by atoms with Crippen molar-refractivity contribution in [2.75, 3.05) is 31.6 Å². The summed E-state index contributed by atoms with van der Waals surface area (Å²) in [5, 5.41) is 15.9. The number of nitrogens with one attached hydrogen (secondary N) is 2. The van der Waals surface area contributed by atoms with Crippen LogP contribution in [-0.2, 0) is 9.53 Å². The highest BCUT2D eigenvalue weighted by atomic mass is 16.5. The number of ether oxygens (including phenoxy) is 1. The molecule has 0 unspecified atom stereocenters. The monoisotopic (exact) mass is 321 g/mol. The van der Waals surface area contributed by atoms with E-state index >= 15 is 0 Å². The van der Waals surface area contributed by atoms with E-state index in [1.807, 2.05) is 13.8 Å². The van der Waals surface area contributed by atoms with Crippen molar-refractivity contribution < 1.29 is 19.4 Å². The van der Waals surface area contributed by atoms with E-state index in [0.717, 1.165) is 0 Å². The van der Waals surface area contributed by atoms with E-state index in [2.05, 4.69) is 10.6 Å². The first-order valence-electron chi connectivity index (χ1n) is 7.76. The van der Waals surface area contributed by atoms with Crippen molar-refractivity contribution in [3.8, 4) is 0 Å². The topological polar surface area (TPSA) is 90.9 Å². The Morgan fingerprint density at radius 2 is 2.09 bits per heavy atom. The highest BCUT2D eigenvalue weighted by Gasteiger charge is 2.33. The molecule has 7 nitrogen and oxygen atoms in total. The molecule has 1 heterocycles. The molecule has 1 aliphatic heterocycles. The molecule has 7 heteroatoms. The minimum Gasteiger partial charge on any atom is -0.386 e. The molecule has 0 radical (unpaired) electrons. The molecule has 126 valence electrons. The zero-order valence-corrected chi connectivity index (χ0v) is 13.4. The molecule has 0 saturated carbocycles. The number of aliphatic hydroxyl groups is 1. The summed E-state index contributed by atoms with van der Waals surface area (Å²) in [5.74, 6) is -0.114. The Balaban J connectivity index is 2.06. The molecule has 0 bridgehead atoms. The summed E-state index contributed by atoms with van der Waals surface area (Å²) in [6, 6.07) is 6.23. The second-order valence-electron chi connectivity index (χ2n) is 5.31. The molecular weight excluding hydrogens is 298 g/mol. The average Bonchev–Trinajstić information content (AvgIpc) is 2.55. The summed E-state index contributed by atoms with van der Waals surface area (Å²) in [5.41, 5.74) is 1.31. The Labute approximate surface area is 135 Å². The van der Waals surface area contributed by atoms with Gasteiger partial charge in [-0.3, -0.25) is 4.79 Å². The van der Waals surface area contributed by atoms with Gasteiger partial charge in [0.15, 0.2) is 0 Å². The number of benzene rings is 1. The maximum Gasteiger partial charge on any atom is 0.319 e. The molecule has 3 amide bonds. The molecule has 3 N–H and O–H groups in total. The van der Waals surface area contributed by atoms with Gasteiger partial charge >= 0.3 is 6.03 Å². The molecule has 0 aliphatic carbocycles. The normalized spacial score (nSPS) is 19.3. The van der Waals surface area contributed by atoms with E-state index in [0.29, 0.717) is 30.9 Å². The van der Waals surface area contributed by atoms with Crippen molar-refractivity contribution in [3.63, 3.8) is 0 Å². The molecule has 1 saturated heterocycles. The minimum atomic E-state index is -0.835. The number of morpholine rings is 1. The first kappa shape index (κ1) is 17.2. The number of anilines is 1. The summed E-state index contributed by atoms with van der Waals surface area (Å²) in [6.45, 7) is 5.16. The number of rotatable bonds is 5. The van der Waals surface area contributed by atoms with Crippen LogP contribution in [0, 0.1) is 0 Å². The predicted molar refractivity (Wildman–Crippen MR) is 86.1 cm³/mol. The van der Waals surface area contributed by atoms with E-state index in [1.54, 1.807) is 29.2 Å². The van der Waals surface area contributed by atoms with Gasteiger partial charge < -0.3 is 25.4 Å². The lowest BCUT2D eigenvalue weighted by Crippen LogP contribution is -2.51. The van der Waals surface area contributed by atoms with Crippen LogP contribution in [0.5, 0.6) is 0 Å². The number of urea groups is 1. The van der Waals surface area contributed by atoms with Gasteiger partial charge in [-0.2, -0.15) is 0 Å². The van der Waals surface area contributed by atoms with Crippen LogP contribution in [0.25, 0.3) is 0 Å². The van der Waals surface area contributed by atoms with E-state index in [4.69, 9.17) is 4.74 Å². The van der Waals surface area contributed by atoms with Gasteiger partial charge in [-0.05, 0) is 31.5 Å². The van der Waals surface area contributed by atoms with Crippen molar-refractivity contribution in [1.29, 1.82) is 0 Å². The van der Waals surface area contributed by atoms with Gasteiger partial charge in [-0.1, -0.05) is 12.1 Å². The third kappa shape index (κ3) is 4.20. The highest BCUT2D eigenvalue weighted by molar-refractivity contribution is 5.89. The predicted octanol–water partition coefficient (Wildman–Crippen LogP) is 1.11.